The van der Waals surface area contributed by atoms with Crippen LogP contribution >= 0.6 is 0 Å². The number of nitrogens with zero attached hydrogens (tertiary/aromatic N) is 5. The summed E-state index contributed by atoms with van der Waals surface area (Å²) >= 11 is 0. The summed E-state index contributed by atoms with van der Waals surface area (Å²) < 4.78 is 13.1. The van der Waals surface area contributed by atoms with Crippen molar-refractivity contribution in [1.29, 1.82) is 0 Å². The molecule has 4 rings (SSSR count). The largest absolute Gasteiger partial charge is 0.353 e. The van der Waals surface area contributed by atoms with Gasteiger partial charge in [0, 0.05) is 44.0 Å². The van der Waals surface area contributed by atoms with E-state index in [0.717, 1.165) is 5.82 Å². The van der Waals surface area contributed by atoms with E-state index in [1.54, 1.807) is 11.1 Å². The van der Waals surface area contributed by atoms with E-state index >= 15 is 0 Å². The van der Waals surface area contributed by atoms with Crippen molar-refractivity contribution in [3.05, 3.63) is 71.9 Å². The summed E-state index contributed by atoms with van der Waals surface area (Å²) in [6.45, 7) is 4.31. The van der Waals surface area contributed by atoms with Gasteiger partial charge in [-0.1, -0.05) is 6.07 Å². The van der Waals surface area contributed by atoms with Crippen LogP contribution in [0.2, 0.25) is 0 Å². The maximum Gasteiger partial charge on any atom is 0.253 e. The summed E-state index contributed by atoms with van der Waals surface area (Å²) in [5, 5.41) is 3.19. The molecule has 8 heteroatoms. The maximum absolute atomic E-state index is 13.1. The molecule has 7 nitrogen and oxygen atoms in total. The molecule has 0 saturated carbocycles. The number of nitrogens with one attached hydrogen (secondary N) is 1. The molecule has 0 radical (unpaired) electrons. The Balaban J connectivity index is 1.43. The maximum atomic E-state index is 13.1. The van der Waals surface area contributed by atoms with E-state index in [-0.39, 0.29) is 11.7 Å². The van der Waals surface area contributed by atoms with Gasteiger partial charge in [-0.25, -0.2) is 19.3 Å². The number of piperazine rings is 1. The van der Waals surface area contributed by atoms with Crippen molar-refractivity contribution in [3.63, 3.8) is 0 Å². The molecule has 1 aromatic carbocycles. The lowest BCUT2D eigenvalue weighted by molar-refractivity contribution is 0.0746. The minimum absolute atomic E-state index is 0.0824. The third-order valence-electron chi connectivity index (χ3n) is 4.73. The highest BCUT2D eigenvalue weighted by molar-refractivity contribution is 5.94. The van der Waals surface area contributed by atoms with Crippen LogP contribution in [0, 0.1) is 12.7 Å². The minimum atomic E-state index is -0.347. The summed E-state index contributed by atoms with van der Waals surface area (Å²) in [7, 11) is 0. The van der Waals surface area contributed by atoms with Gasteiger partial charge in [-0.3, -0.25) is 4.79 Å². The number of benzene rings is 1. The van der Waals surface area contributed by atoms with Crippen LogP contribution in [0.5, 0.6) is 0 Å². The van der Waals surface area contributed by atoms with Crippen LogP contribution in [-0.2, 0) is 0 Å². The number of aryl methyl sites for hydroxylation is 1. The van der Waals surface area contributed by atoms with Crippen LogP contribution in [0.1, 0.15) is 16.2 Å². The van der Waals surface area contributed by atoms with Crippen molar-refractivity contribution >= 4 is 23.4 Å². The fourth-order valence-electron chi connectivity index (χ4n) is 3.26. The molecule has 0 aliphatic carbocycles. The van der Waals surface area contributed by atoms with Crippen molar-refractivity contribution in [2.24, 2.45) is 0 Å². The quantitative estimate of drug-likeness (QED) is 0.736. The number of hydrogen-bond donors (Lipinski definition) is 1. The number of amides is 1. The van der Waals surface area contributed by atoms with Crippen molar-refractivity contribution in [3.8, 4) is 0 Å². The van der Waals surface area contributed by atoms with Gasteiger partial charge in [0.05, 0.1) is 0 Å². The fraction of sp³-hybridized carbons (Fsp3) is 0.238. The van der Waals surface area contributed by atoms with E-state index in [2.05, 4.69) is 25.2 Å². The average molecular weight is 392 g/mol. The molecular weight excluding hydrogens is 371 g/mol. The smallest absolute Gasteiger partial charge is 0.253 e. The van der Waals surface area contributed by atoms with E-state index in [9.17, 15) is 9.18 Å². The minimum Gasteiger partial charge on any atom is -0.353 e. The molecule has 3 aromatic rings. The number of carbonyl (C=O) groups excluding carboxylic acids is 1. The van der Waals surface area contributed by atoms with Crippen LogP contribution in [0.15, 0.2) is 54.7 Å². The van der Waals surface area contributed by atoms with E-state index in [0.29, 0.717) is 49.2 Å². The van der Waals surface area contributed by atoms with Gasteiger partial charge in [-0.15, -0.1) is 0 Å². The number of carbonyl (C=O) groups is 1. The predicted octanol–water partition coefficient (Wildman–Crippen LogP) is 3.03. The van der Waals surface area contributed by atoms with Gasteiger partial charge >= 0.3 is 0 Å². The lowest BCUT2D eigenvalue weighted by Gasteiger charge is -2.35. The van der Waals surface area contributed by atoms with Crippen LogP contribution in [0.25, 0.3) is 0 Å². The Morgan fingerprint density at radius 2 is 1.76 bits per heavy atom. The zero-order valence-electron chi connectivity index (χ0n) is 16.0. The molecule has 0 unspecified atom stereocenters. The Hall–Kier alpha value is -3.55. The second kappa shape index (κ2) is 8.22. The zero-order valence-corrected chi connectivity index (χ0v) is 16.0. The zero-order chi connectivity index (χ0) is 20.2. The molecule has 1 aliphatic rings. The summed E-state index contributed by atoms with van der Waals surface area (Å²) in [6, 6.07) is 13.2. The summed E-state index contributed by atoms with van der Waals surface area (Å²) in [6.07, 6.45) is 1.72. The van der Waals surface area contributed by atoms with Gasteiger partial charge in [0.15, 0.2) is 0 Å². The number of anilines is 3. The molecule has 0 spiro atoms. The first-order valence-electron chi connectivity index (χ1n) is 9.42. The highest BCUT2D eigenvalue weighted by Gasteiger charge is 2.23. The van der Waals surface area contributed by atoms with Crippen molar-refractivity contribution in [2.75, 3.05) is 36.4 Å². The van der Waals surface area contributed by atoms with Gasteiger partial charge in [-0.2, -0.15) is 0 Å². The first kappa shape index (κ1) is 18.8. The van der Waals surface area contributed by atoms with Crippen LogP contribution in [-0.4, -0.2) is 51.9 Å². The molecule has 0 atom stereocenters. The third-order valence-corrected chi connectivity index (χ3v) is 4.73. The lowest BCUT2D eigenvalue weighted by atomic mass is 10.2. The molecule has 1 amide bonds. The van der Waals surface area contributed by atoms with Gasteiger partial charge in [0.25, 0.3) is 5.91 Å². The summed E-state index contributed by atoms with van der Waals surface area (Å²) in [5.74, 6) is 2.43. The topological polar surface area (TPSA) is 74.2 Å². The normalized spacial score (nSPS) is 14.0. The molecule has 148 valence electrons. The SMILES string of the molecule is Cc1nc(Nc2ccccn2)cc(N2CCN(C(=O)c3ccc(F)cc3)CC2)n1. The molecule has 1 fully saturated rings. The van der Waals surface area contributed by atoms with Gasteiger partial charge in [0.2, 0.25) is 0 Å². The third kappa shape index (κ3) is 4.48. The van der Waals surface area contributed by atoms with Crippen molar-refractivity contribution < 1.29 is 9.18 Å². The number of pyridine rings is 1. The first-order chi connectivity index (χ1) is 14.1. The second-order valence-corrected chi connectivity index (χ2v) is 6.78. The summed E-state index contributed by atoms with van der Waals surface area (Å²) in [5.41, 5.74) is 0.500. The lowest BCUT2D eigenvalue weighted by Crippen LogP contribution is -2.49. The molecule has 29 heavy (non-hydrogen) atoms. The van der Waals surface area contributed by atoms with Crippen molar-refractivity contribution in [2.45, 2.75) is 6.92 Å². The van der Waals surface area contributed by atoms with E-state index in [4.69, 9.17) is 0 Å². The van der Waals surface area contributed by atoms with Gasteiger partial charge in [0.1, 0.15) is 29.1 Å². The fourth-order valence-corrected chi connectivity index (χ4v) is 3.26. The Morgan fingerprint density at radius 3 is 2.45 bits per heavy atom. The second-order valence-electron chi connectivity index (χ2n) is 6.78. The van der Waals surface area contributed by atoms with Crippen LogP contribution in [0.3, 0.4) is 0 Å². The molecule has 0 bridgehead atoms. The average Bonchev–Trinajstić information content (AvgIpc) is 2.74. The Labute approximate surface area is 168 Å². The Morgan fingerprint density at radius 1 is 1.00 bits per heavy atom. The first-order valence-corrected chi connectivity index (χ1v) is 9.42. The van der Waals surface area contributed by atoms with Gasteiger partial charge < -0.3 is 15.1 Å². The molecule has 1 saturated heterocycles. The predicted molar refractivity (Wildman–Crippen MR) is 109 cm³/mol. The number of aromatic nitrogens is 3. The number of hydrogen-bond acceptors (Lipinski definition) is 6. The standard InChI is InChI=1S/C21H21FN6O/c1-15-24-19(26-18-4-2-3-9-23-18)14-20(25-15)27-10-12-28(13-11-27)21(29)16-5-7-17(22)8-6-16/h2-9,14H,10-13H2,1H3,(H,23,24,25,26). The van der Waals surface area contributed by atoms with E-state index < -0.39 is 0 Å². The molecule has 1 N–H and O–H groups in total. The molecule has 1 aliphatic heterocycles. The highest BCUT2D eigenvalue weighted by atomic mass is 19.1. The van der Waals surface area contributed by atoms with E-state index in [1.807, 2.05) is 31.2 Å². The molecule has 3 heterocycles. The van der Waals surface area contributed by atoms with Crippen molar-refractivity contribution in [1.82, 2.24) is 19.9 Å². The monoisotopic (exact) mass is 392 g/mol. The molecule has 2 aromatic heterocycles. The van der Waals surface area contributed by atoms with Crippen LogP contribution in [0.4, 0.5) is 21.8 Å². The summed E-state index contributed by atoms with van der Waals surface area (Å²) in [4.78, 5) is 29.8. The Bertz CT molecular complexity index is 988. The number of halogens is 1. The highest BCUT2D eigenvalue weighted by Crippen LogP contribution is 2.20. The van der Waals surface area contributed by atoms with Gasteiger partial charge in [-0.05, 0) is 43.3 Å². The number of rotatable bonds is 4. The van der Waals surface area contributed by atoms with Crippen LogP contribution < -0.4 is 10.2 Å². The Kier molecular flexibility index (Phi) is 5.33. The van der Waals surface area contributed by atoms with E-state index in [1.165, 1.54) is 24.3 Å². The molecular formula is C21H21FN6O.